The van der Waals surface area contributed by atoms with Crippen LogP contribution in [0, 0.1) is 0 Å². The van der Waals surface area contributed by atoms with E-state index >= 15 is 0 Å². The van der Waals surface area contributed by atoms with E-state index in [-0.39, 0.29) is 31.0 Å². The standard InChI is InChI=1S/C11H20N2O4/c1-13(8-11(15)16-2)7-10(14)12-9-3-5-17-6-4-9/h9H,3-8H2,1-2H3,(H,12,14). The largest absolute Gasteiger partial charge is 0.468 e. The number of carbonyl (C=O) groups excluding carboxylic acids is 2. The van der Waals surface area contributed by atoms with Crippen molar-refractivity contribution in [2.75, 3.05) is 40.5 Å². The number of methoxy groups -OCH3 is 1. The van der Waals surface area contributed by atoms with Crippen molar-refractivity contribution in [2.24, 2.45) is 0 Å². The summed E-state index contributed by atoms with van der Waals surface area (Å²) in [5.74, 6) is -0.408. The number of carbonyl (C=O) groups is 2. The highest BCUT2D eigenvalue weighted by molar-refractivity contribution is 5.79. The molecule has 1 aliphatic rings. The zero-order chi connectivity index (χ0) is 12.7. The van der Waals surface area contributed by atoms with Gasteiger partial charge < -0.3 is 14.8 Å². The summed E-state index contributed by atoms with van der Waals surface area (Å²) in [6.07, 6.45) is 1.71. The first-order chi connectivity index (χ1) is 8.11. The van der Waals surface area contributed by atoms with E-state index in [2.05, 4.69) is 10.1 Å². The van der Waals surface area contributed by atoms with Crippen LogP contribution in [0.15, 0.2) is 0 Å². The van der Waals surface area contributed by atoms with Gasteiger partial charge in [0.25, 0.3) is 0 Å². The summed E-state index contributed by atoms with van der Waals surface area (Å²) in [6, 6.07) is 0.197. The minimum atomic E-state index is -0.341. The third-order valence-electron chi connectivity index (χ3n) is 2.63. The Labute approximate surface area is 101 Å². The number of amides is 1. The smallest absolute Gasteiger partial charge is 0.319 e. The van der Waals surface area contributed by atoms with Crippen LogP contribution in [0.1, 0.15) is 12.8 Å². The summed E-state index contributed by atoms with van der Waals surface area (Å²) in [7, 11) is 3.04. The van der Waals surface area contributed by atoms with Gasteiger partial charge in [-0.05, 0) is 19.9 Å². The molecule has 0 radical (unpaired) electrons. The molecule has 1 fully saturated rings. The molecule has 0 aromatic heterocycles. The van der Waals surface area contributed by atoms with E-state index in [1.54, 1.807) is 11.9 Å². The van der Waals surface area contributed by atoms with Gasteiger partial charge in [0.05, 0.1) is 20.2 Å². The van der Waals surface area contributed by atoms with Gasteiger partial charge in [0, 0.05) is 19.3 Å². The van der Waals surface area contributed by atoms with Crippen LogP contribution in [0.25, 0.3) is 0 Å². The summed E-state index contributed by atoms with van der Waals surface area (Å²) in [5, 5.41) is 2.93. The number of ether oxygens (including phenoxy) is 2. The molecule has 1 N–H and O–H groups in total. The molecule has 0 saturated carbocycles. The number of esters is 1. The Morgan fingerprint density at radius 2 is 2.00 bits per heavy atom. The topological polar surface area (TPSA) is 67.9 Å². The second-order valence-electron chi connectivity index (χ2n) is 4.20. The van der Waals surface area contributed by atoms with Crippen LogP contribution in [0.2, 0.25) is 0 Å². The van der Waals surface area contributed by atoms with Crippen LogP contribution in [-0.2, 0) is 19.1 Å². The molecular formula is C11H20N2O4. The second kappa shape index (κ2) is 7.24. The maximum atomic E-state index is 11.6. The van der Waals surface area contributed by atoms with Gasteiger partial charge in [-0.2, -0.15) is 0 Å². The second-order valence-corrected chi connectivity index (χ2v) is 4.20. The molecule has 0 unspecified atom stereocenters. The minimum absolute atomic E-state index is 0.0664. The Hall–Kier alpha value is -1.14. The third kappa shape index (κ3) is 5.65. The van der Waals surface area contributed by atoms with Gasteiger partial charge in [0.15, 0.2) is 0 Å². The van der Waals surface area contributed by atoms with Gasteiger partial charge in [-0.15, -0.1) is 0 Å². The van der Waals surface area contributed by atoms with Crippen molar-refractivity contribution >= 4 is 11.9 Å². The van der Waals surface area contributed by atoms with Crippen molar-refractivity contribution in [3.8, 4) is 0 Å². The summed E-state index contributed by atoms with van der Waals surface area (Å²) in [4.78, 5) is 24.3. The van der Waals surface area contributed by atoms with Crippen LogP contribution in [0.4, 0.5) is 0 Å². The Morgan fingerprint density at radius 1 is 1.35 bits per heavy atom. The summed E-state index contributed by atoms with van der Waals surface area (Å²) in [5.41, 5.74) is 0. The highest BCUT2D eigenvalue weighted by Crippen LogP contribution is 2.05. The van der Waals surface area contributed by atoms with Gasteiger partial charge in [0.1, 0.15) is 0 Å². The molecule has 6 heteroatoms. The van der Waals surface area contributed by atoms with Gasteiger partial charge in [0.2, 0.25) is 5.91 Å². The highest BCUT2D eigenvalue weighted by atomic mass is 16.5. The van der Waals surface area contributed by atoms with E-state index in [0.29, 0.717) is 13.2 Å². The lowest BCUT2D eigenvalue weighted by Gasteiger charge is -2.24. The van der Waals surface area contributed by atoms with Crippen molar-refractivity contribution < 1.29 is 19.1 Å². The van der Waals surface area contributed by atoms with E-state index in [4.69, 9.17) is 4.74 Å². The zero-order valence-corrected chi connectivity index (χ0v) is 10.4. The number of nitrogens with one attached hydrogen (secondary N) is 1. The Bertz CT molecular complexity index is 264. The molecule has 1 saturated heterocycles. The summed E-state index contributed by atoms with van der Waals surface area (Å²) < 4.78 is 9.73. The number of hydrogen-bond acceptors (Lipinski definition) is 5. The molecule has 98 valence electrons. The first-order valence-corrected chi connectivity index (χ1v) is 5.74. The average Bonchev–Trinajstić information content (AvgIpc) is 2.29. The van der Waals surface area contributed by atoms with Crippen LogP contribution >= 0.6 is 0 Å². The molecule has 0 aromatic carbocycles. The van der Waals surface area contributed by atoms with Crippen molar-refractivity contribution in [2.45, 2.75) is 18.9 Å². The Morgan fingerprint density at radius 3 is 2.59 bits per heavy atom. The number of nitrogens with zero attached hydrogens (tertiary/aromatic N) is 1. The molecule has 1 rings (SSSR count). The molecule has 0 bridgehead atoms. The predicted octanol–water partition coefficient (Wildman–Crippen LogP) is -0.614. The van der Waals surface area contributed by atoms with Crippen molar-refractivity contribution in [3.05, 3.63) is 0 Å². The predicted molar refractivity (Wildman–Crippen MR) is 61.5 cm³/mol. The zero-order valence-electron chi connectivity index (χ0n) is 10.4. The normalized spacial score (nSPS) is 16.9. The molecular weight excluding hydrogens is 224 g/mol. The van der Waals surface area contributed by atoms with E-state index < -0.39 is 0 Å². The third-order valence-corrected chi connectivity index (χ3v) is 2.63. The quantitative estimate of drug-likeness (QED) is 0.653. The lowest BCUT2D eigenvalue weighted by atomic mass is 10.1. The first kappa shape index (κ1) is 13.9. The highest BCUT2D eigenvalue weighted by Gasteiger charge is 2.17. The van der Waals surface area contributed by atoms with Crippen LogP contribution in [0.5, 0.6) is 0 Å². The van der Waals surface area contributed by atoms with E-state index in [1.807, 2.05) is 0 Å². The SMILES string of the molecule is COC(=O)CN(C)CC(=O)NC1CCOCC1. The van der Waals surface area contributed by atoms with Crippen molar-refractivity contribution in [1.29, 1.82) is 0 Å². The van der Waals surface area contributed by atoms with E-state index in [0.717, 1.165) is 12.8 Å². The molecule has 0 atom stereocenters. The molecule has 0 aliphatic carbocycles. The van der Waals surface area contributed by atoms with Gasteiger partial charge in [-0.3, -0.25) is 14.5 Å². The van der Waals surface area contributed by atoms with Crippen LogP contribution in [0.3, 0.4) is 0 Å². The van der Waals surface area contributed by atoms with Crippen LogP contribution < -0.4 is 5.32 Å². The fourth-order valence-corrected chi connectivity index (χ4v) is 1.70. The first-order valence-electron chi connectivity index (χ1n) is 5.74. The molecule has 0 aromatic rings. The molecule has 1 aliphatic heterocycles. The fraction of sp³-hybridized carbons (Fsp3) is 0.818. The van der Waals surface area contributed by atoms with Crippen molar-refractivity contribution in [3.63, 3.8) is 0 Å². The monoisotopic (exact) mass is 244 g/mol. The average molecular weight is 244 g/mol. The van der Waals surface area contributed by atoms with Crippen LogP contribution in [-0.4, -0.2) is 63.3 Å². The molecule has 1 amide bonds. The van der Waals surface area contributed by atoms with E-state index in [1.165, 1.54) is 7.11 Å². The fourth-order valence-electron chi connectivity index (χ4n) is 1.70. The lowest BCUT2D eigenvalue weighted by Crippen LogP contribution is -2.44. The number of likely N-dealkylation sites (N-methyl/N-ethyl adjacent to an activating group) is 1. The Kier molecular flexibility index (Phi) is 5.93. The van der Waals surface area contributed by atoms with Gasteiger partial charge in [-0.1, -0.05) is 0 Å². The molecule has 6 nitrogen and oxygen atoms in total. The van der Waals surface area contributed by atoms with Crippen molar-refractivity contribution in [1.82, 2.24) is 10.2 Å². The molecule has 1 heterocycles. The van der Waals surface area contributed by atoms with E-state index in [9.17, 15) is 9.59 Å². The summed E-state index contributed by atoms with van der Waals surface area (Å²) >= 11 is 0. The maximum absolute atomic E-state index is 11.6. The lowest BCUT2D eigenvalue weighted by molar-refractivity contribution is -0.141. The maximum Gasteiger partial charge on any atom is 0.319 e. The molecule has 17 heavy (non-hydrogen) atoms. The minimum Gasteiger partial charge on any atom is -0.468 e. The Balaban J connectivity index is 2.21. The number of hydrogen-bond donors (Lipinski definition) is 1. The van der Waals surface area contributed by atoms with Gasteiger partial charge in [-0.25, -0.2) is 0 Å². The van der Waals surface area contributed by atoms with Gasteiger partial charge >= 0.3 is 5.97 Å². The molecule has 0 spiro atoms. The summed E-state index contributed by atoms with van der Waals surface area (Å²) in [6.45, 7) is 1.72. The number of rotatable bonds is 5.